The molecule has 0 saturated heterocycles. The Bertz CT molecular complexity index is 1000. The highest BCUT2D eigenvalue weighted by atomic mass is 79.9. The second-order valence-electron chi connectivity index (χ2n) is 5.64. The van der Waals surface area contributed by atoms with Crippen LogP contribution in [-0.2, 0) is 6.42 Å². The third-order valence-electron chi connectivity index (χ3n) is 4.10. The molecule has 0 radical (unpaired) electrons. The number of hydrogen-bond donors (Lipinski definition) is 1. The zero-order valence-corrected chi connectivity index (χ0v) is 17.8. The maximum absolute atomic E-state index is 12.8. The number of rotatable bonds is 6. The van der Waals surface area contributed by atoms with E-state index in [1.165, 1.54) is 38.2 Å². The highest BCUT2D eigenvalue weighted by Gasteiger charge is 2.23. The van der Waals surface area contributed by atoms with Crippen molar-refractivity contribution < 1.29 is 19.0 Å². The van der Waals surface area contributed by atoms with E-state index in [-0.39, 0.29) is 5.91 Å². The Balaban J connectivity index is 1.96. The molecule has 2 aromatic carbocycles. The summed E-state index contributed by atoms with van der Waals surface area (Å²) in [5, 5.41) is 3.38. The second-order valence-corrected chi connectivity index (χ2v) is 7.46. The molecule has 0 aliphatic rings. The van der Waals surface area contributed by atoms with Crippen LogP contribution >= 0.6 is 27.3 Å². The van der Waals surface area contributed by atoms with Crippen LogP contribution in [0.15, 0.2) is 28.7 Å². The monoisotopic (exact) mass is 450 g/mol. The lowest BCUT2D eigenvalue weighted by molar-refractivity contribution is 0.102. The van der Waals surface area contributed by atoms with Gasteiger partial charge in [-0.25, -0.2) is 4.98 Å². The van der Waals surface area contributed by atoms with E-state index in [0.29, 0.717) is 32.4 Å². The molecule has 0 bridgehead atoms. The van der Waals surface area contributed by atoms with Crippen molar-refractivity contribution >= 4 is 48.5 Å². The summed E-state index contributed by atoms with van der Waals surface area (Å²) in [6, 6.07) is 7.71. The van der Waals surface area contributed by atoms with E-state index in [1.54, 1.807) is 6.07 Å². The smallest absolute Gasteiger partial charge is 0.258 e. The molecule has 8 heteroatoms. The van der Waals surface area contributed by atoms with Crippen molar-refractivity contribution in [2.24, 2.45) is 0 Å². The van der Waals surface area contributed by atoms with Crippen molar-refractivity contribution in [1.82, 2.24) is 4.98 Å². The molecule has 0 aliphatic carbocycles. The summed E-state index contributed by atoms with van der Waals surface area (Å²) in [5.74, 6) is 0.880. The molecular weight excluding hydrogens is 432 g/mol. The Labute approximate surface area is 169 Å². The van der Waals surface area contributed by atoms with Gasteiger partial charge in [-0.3, -0.25) is 10.1 Å². The third-order valence-corrected chi connectivity index (χ3v) is 5.82. The molecule has 0 fully saturated rings. The summed E-state index contributed by atoms with van der Waals surface area (Å²) in [4.78, 5) is 17.3. The van der Waals surface area contributed by atoms with Crippen molar-refractivity contribution in [3.8, 4) is 17.2 Å². The Kier molecular flexibility index (Phi) is 5.86. The average Bonchev–Trinajstić information content (AvgIpc) is 3.08. The summed E-state index contributed by atoms with van der Waals surface area (Å²) < 4.78 is 17.6. The number of aryl methyl sites for hydroxylation is 1. The second kappa shape index (κ2) is 8.14. The number of ether oxygens (including phenoxy) is 3. The molecule has 1 amide bonds. The van der Waals surface area contributed by atoms with Crippen LogP contribution in [0.5, 0.6) is 17.2 Å². The predicted octanol–water partition coefficient (Wildman–Crippen LogP) is 4.90. The van der Waals surface area contributed by atoms with Gasteiger partial charge in [-0.2, -0.15) is 0 Å². The van der Waals surface area contributed by atoms with Gasteiger partial charge in [0.15, 0.2) is 16.6 Å². The van der Waals surface area contributed by atoms with Gasteiger partial charge >= 0.3 is 0 Å². The minimum atomic E-state index is -0.323. The van der Waals surface area contributed by atoms with Gasteiger partial charge in [0.1, 0.15) is 0 Å². The molecule has 6 nitrogen and oxygen atoms in total. The molecule has 1 N–H and O–H groups in total. The van der Waals surface area contributed by atoms with Crippen LogP contribution in [-0.4, -0.2) is 32.2 Å². The number of methoxy groups -OCH3 is 3. The Morgan fingerprint density at radius 3 is 2.52 bits per heavy atom. The third kappa shape index (κ3) is 3.72. The lowest BCUT2D eigenvalue weighted by Crippen LogP contribution is -2.13. The number of amides is 1. The van der Waals surface area contributed by atoms with Gasteiger partial charge in [-0.05, 0) is 46.1 Å². The first-order valence-electron chi connectivity index (χ1n) is 8.21. The normalized spacial score (nSPS) is 10.7. The van der Waals surface area contributed by atoms with Gasteiger partial charge in [0, 0.05) is 0 Å². The maximum atomic E-state index is 12.8. The minimum Gasteiger partial charge on any atom is -0.493 e. The Hall–Kier alpha value is -2.32. The number of carbonyl (C=O) groups is 1. The van der Waals surface area contributed by atoms with Crippen molar-refractivity contribution in [1.29, 1.82) is 0 Å². The first kappa shape index (κ1) is 19.4. The van der Waals surface area contributed by atoms with E-state index >= 15 is 0 Å². The summed E-state index contributed by atoms with van der Waals surface area (Å²) >= 11 is 4.86. The van der Waals surface area contributed by atoms with Crippen LogP contribution in [0.1, 0.15) is 22.8 Å². The van der Waals surface area contributed by atoms with E-state index in [2.05, 4.69) is 39.2 Å². The number of fused-ring (bicyclic) bond motifs is 1. The Morgan fingerprint density at radius 1 is 1.15 bits per heavy atom. The van der Waals surface area contributed by atoms with Crippen molar-refractivity contribution in [3.63, 3.8) is 0 Å². The van der Waals surface area contributed by atoms with Gasteiger partial charge in [0.25, 0.3) is 5.91 Å². The summed E-state index contributed by atoms with van der Waals surface area (Å²) in [6.45, 7) is 2.10. The van der Waals surface area contributed by atoms with E-state index in [1.807, 2.05) is 12.1 Å². The zero-order chi connectivity index (χ0) is 19.6. The maximum Gasteiger partial charge on any atom is 0.258 e. The molecule has 142 valence electrons. The summed E-state index contributed by atoms with van der Waals surface area (Å²) in [7, 11) is 4.52. The van der Waals surface area contributed by atoms with E-state index < -0.39 is 0 Å². The molecule has 0 atom stereocenters. The summed E-state index contributed by atoms with van der Waals surface area (Å²) in [5.41, 5.74) is 2.45. The van der Waals surface area contributed by atoms with Crippen LogP contribution in [0, 0.1) is 0 Å². The molecular formula is C19H19BrN2O4S. The lowest BCUT2D eigenvalue weighted by Gasteiger charge is -2.16. The molecule has 27 heavy (non-hydrogen) atoms. The van der Waals surface area contributed by atoms with E-state index in [9.17, 15) is 4.79 Å². The van der Waals surface area contributed by atoms with Gasteiger partial charge in [0.2, 0.25) is 5.75 Å². The molecule has 0 aliphatic heterocycles. The summed E-state index contributed by atoms with van der Waals surface area (Å²) in [6.07, 6.45) is 0.952. The largest absolute Gasteiger partial charge is 0.493 e. The van der Waals surface area contributed by atoms with Crippen LogP contribution in [0.4, 0.5) is 5.13 Å². The number of benzene rings is 2. The molecule has 0 spiro atoms. The number of nitrogens with one attached hydrogen (secondary N) is 1. The standard InChI is InChI=1S/C19H19BrN2O4S/c1-5-10-6-7-12-14(8-10)27-19(21-12)22-18(23)11-9-13(24-2)16(25-3)17(26-4)15(11)20/h6-9H,5H2,1-4H3,(H,21,22,23). The van der Waals surface area contributed by atoms with Crippen molar-refractivity contribution in [2.45, 2.75) is 13.3 Å². The number of aromatic nitrogens is 1. The number of hydrogen-bond acceptors (Lipinski definition) is 6. The minimum absolute atomic E-state index is 0.323. The molecule has 3 aromatic rings. The highest BCUT2D eigenvalue weighted by molar-refractivity contribution is 9.10. The average molecular weight is 451 g/mol. The Morgan fingerprint density at radius 2 is 1.89 bits per heavy atom. The SMILES string of the molecule is CCc1ccc2nc(NC(=O)c3cc(OC)c(OC)c(OC)c3Br)sc2c1. The van der Waals surface area contributed by atoms with Gasteiger partial charge in [-0.1, -0.05) is 24.3 Å². The molecule has 0 saturated carbocycles. The predicted molar refractivity (Wildman–Crippen MR) is 111 cm³/mol. The number of nitrogens with zero attached hydrogens (tertiary/aromatic N) is 1. The van der Waals surface area contributed by atoms with Crippen LogP contribution in [0.25, 0.3) is 10.2 Å². The van der Waals surface area contributed by atoms with E-state index in [4.69, 9.17) is 14.2 Å². The van der Waals surface area contributed by atoms with Crippen molar-refractivity contribution in [3.05, 3.63) is 39.9 Å². The molecule has 3 rings (SSSR count). The van der Waals surface area contributed by atoms with Crippen LogP contribution in [0.2, 0.25) is 0 Å². The van der Waals surface area contributed by atoms with Gasteiger partial charge in [-0.15, -0.1) is 0 Å². The fourth-order valence-corrected chi connectivity index (χ4v) is 4.25. The zero-order valence-electron chi connectivity index (χ0n) is 15.4. The van der Waals surface area contributed by atoms with Crippen LogP contribution in [0.3, 0.4) is 0 Å². The first-order valence-corrected chi connectivity index (χ1v) is 9.82. The quantitative estimate of drug-likeness (QED) is 0.578. The number of carbonyl (C=O) groups excluding carboxylic acids is 1. The molecule has 1 aromatic heterocycles. The van der Waals surface area contributed by atoms with E-state index in [0.717, 1.165) is 16.6 Å². The van der Waals surface area contributed by atoms with Gasteiger partial charge in [0.05, 0.1) is 41.6 Å². The number of thiazole rings is 1. The topological polar surface area (TPSA) is 69.7 Å². The fraction of sp³-hybridized carbons (Fsp3) is 0.263. The van der Waals surface area contributed by atoms with Crippen molar-refractivity contribution in [2.75, 3.05) is 26.6 Å². The number of anilines is 1. The molecule has 0 unspecified atom stereocenters. The first-order chi connectivity index (χ1) is 13.0. The number of halogens is 1. The van der Waals surface area contributed by atoms with Gasteiger partial charge < -0.3 is 14.2 Å². The van der Waals surface area contributed by atoms with Crippen LogP contribution < -0.4 is 19.5 Å². The highest BCUT2D eigenvalue weighted by Crippen LogP contribution is 2.45. The lowest BCUT2D eigenvalue weighted by atomic mass is 10.1. The molecule has 1 heterocycles. The fourth-order valence-electron chi connectivity index (χ4n) is 2.69.